The number of amides is 2. The molecule has 4 nitrogen and oxygen atoms in total. The molecule has 1 aromatic rings. The Hall–Kier alpha value is -1.07. The van der Waals surface area contributed by atoms with Gasteiger partial charge in [0, 0.05) is 11.4 Å². The molecule has 1 heterocycles. The quantitative estimate of drug-likeness (QED) is 0.723. The lowest BCUT2D eigenvalue weighted by Crippen LogP contribution is -2.54. The third kappa shape index (κ3) is 4.21. The Balaban J connectivity index is 1.71. The summed E-state index contributed by atoms with van der Waals surface area (Å²) in [4.78, 5) is 13.3. The van der Waals surface area contributed by atoms with Gasteiger partial charge >= 0.3 is 6.03 Å². The average Bonchev–Trinajstić information content (AvgIpc) is 3.17. The molecule has 2 amide bonds. The van der Waals surface area contributed by atoms with Crippen LogP contribution in [0.2, 0.25) is 0 Å². The Morgan fingerprint density at radius 2 is 2.35 bits per heavy atom. The molecule has 1 aliphatic rings. The number of urea groups is 1. The number of hydrogen-bond donors (Lipinski definition) is 3. The monoisotopic (exact) mass is 296 g/mol. The van der Waals surface area contributed by atoms with E-state index in [2.05, 4.69) is 35.1 Å². The first-order chi connectivity index (χ1) is 9.53. The van der Waals surface area contributed by atoms with Crippen molar-refractivity contribution in [3.8, 4) is 0 Å². The van der Waals surface area contributed by atoms with Gasteiger partial charge in [-0.05, 0) is 49.5 Å². The van der Waals surface area contributed by atoms with Crippen molar-refractivity contribution < 1.29 is 9.90 Å². The number of rotatable bonds is 7. The highest BCUT2D eigenvalue weighted by molar-refractivity contribution is 7.09. The van der Waals surface area contributed by atoms with Crippen LogP contribution in [-0.4, -0.2) is 29.8 Å². The van der Waals surface area contributed by atoms with Gasteiger partial charge in [0.15, 0.2) is 0 Å². The molecule has 20 heavy (non-hydrogen) atoms. The molecule has 1 aromatic heterocycles. The van der Waals surface area contributed by atoms with Crippen LogP contribution in [0.25, 0.3) is 0 Å². The van der Waals surface area contributed by atoms with Crippen LogP contribution in [0.5, 0.6) is 0 Å². The predicted molar refractivity (Wildman–Crippen MR) is 81.9 cm³/mol. The second-order valence-electron chi connectivity index (χ2n) is 6.07. The normalized spacial score (nSPS) is 19.1. The third-order valence-corrected chi connectivity index (χ3v) is 4.85. The molecule has 112 valence electrons. The summed E-state index contributed by atoms with van der Waals surface area (Å²) in [6, 6.07) is 4.00. The summed E-state index contributed by atoms with van der Waals surface area (Å²) in [6.07, 6.45) is 3.16. The van der Waals surface area contributed by atoms with Crippen molar-refractivity contribution in [1.82, 2.24) is 10.6 Å². The summed E-state index contributed by atoms with van der Waals surface area (Å²) in [5.74, 6) is 0.822. The molecular weight excluding hydrogens is 272 g/mol. The number of hydrogen-bond acceptors (Lipinski definition) is 3. The minimum Gasteiger partial charge on any atom is -0.394 e. The Morgan fingerprint density at radius 3 is 2.90 bits per heavy atom. The molecule has 0 radical (unpaired) electrons. The van der Waals surface area contributed by atoms with E-state index in [4.69, 9.17) is 0 Å². The van der Waals surface area contributed by atoms with Gasteiger partial charge in [-0.1, -0.05) is 13.0 Å². The van der Waals surface area contributed by atoms with E-state index in [0.717, 1.165) is 19.3 Å². The second kappa shape index (κ2) is 6.59. The molecule has 1 saturated carbocycles. The second-order valence-corrected chi connectivity index (χ2v) is 7.11. The lowest BCUT2D eigenvalue weighted by Gasteiger charge is -2.29. The zero-order valence-electron chi connectivity index (χ0n) is 12.2. The predicted octanol–water partition coefficient (Wildman–Crippen LogP) is 2.39. The number of carbonyl (C=O) groups is 1. The fourth-order valence-corrected chi connectivity index (χ4v) is 3.28. The van der Waals surface area contributed by atoms with Crippen LogP contribution in [0.1, 0.15) is 31.6 Å². The van der Waals surface area contributed by atoms with E-state index in [1.165, 1.54) is 4.88 Å². The van der Waals surface area contributed by atoms with Crippen LogP contribution in [-0.2, 0) is 6.42 Å². The van der Waals surface area contributed by atoms with Crippen LogP contribution in [0, 0.1) is 11.8 Å². The number of carbonyl (C=O) groups excluding carboxylic acids is 1. The Morgan fingerprint density at radius 1 is 1.60 bits per heavy atom. The van der Waals surface area contributed by atoms with E-state index >= 15 is 0 Å². The fraction of sp³-hybridized carbons (Fsp3) is 0.667. The molecule has 1 aliphatic carbocycles. The fourth-order valence-electron chi connectivity index (χ4n) is 2.41. The van der Waals surface area contributed by atoms with Gasteiger partial charge in [-0.3, -0.25) is 0 Å². The summed E-state index contributed by atoms with van der Waals surface area (Å²) >= 11 is 1.75. The van der Waals surface area contributed by atoms with Crippen molar-refractivity contribution >= 4 is 17.4 Å². The topological polar surface area (TPSA) is 61.4 Å². The van der Waals surface area contributed by atoms with Gasteiger partial charge in [-0.25, -0.2) is 4.79 Å². The Kier molecular flexibility index (Phi) is 5.05. The maximum absolute atomic E-state index is 11.9. The van der Waals surface area contributed by atoms with Crippen molar-refractivity contribution in [1.29, 1.82) is 0 Å². The zero-order chi connectivity index (χ0) is 14.6. The summed E-state index contributed by atoms with van der Waals surface area (Å²) in [5.41, 5.74) is -0.471. The van der Waals surface area contributed by atoms with Crippen molar-refractivity contribution in [2.45, 2.75) is 38.6 Å². The largest absolute Gasteiger partial charge is 0.394 e. The molecule has 2 atom stereocenters. The van der Waals surface area contributed by atoms with Gasteiger partial charge in [0.05, 0.1) is 12.1 Å². The number of aliphatic hydroxyl groups excluding tert-OH is 1. The van der Waals surface area contributed by atoms with E-state index in [0.29, 0.717) is 18.4 Å². The smallest absolute Gasteiger partial charge is 0.315 e. The van der Waals surface area contributed by atoms with Gasteiger partial charge < -0.3 is 15.7 Å². The van der Waals surface area contributed by atoms with Crippen molar-refractivity contribution in [2.75, 3.05) is 13.2 Å². The summed E-state index contributed by atoms with van der Waals surface area (Å²) < 4.78 is 0. The van der Waals surface area contributed by atoms with Crippen LogP contribution < -0.4 is 10.6 Å². The van der Waals surface area contributed by atoms with E-state index in [1.54, 1.807) is 11.3 Å². The number of aliphatic hydroxyl groups is 1. The van der Waals surface area contributed by atoms with Crippen LogP contribution in [0.15, 0.2) is 17.5 Å². The molecular formula is C15H24N2O2S. The van der Waals surface area contributed by atoms with Crippen LogP contribution >= 0.6 is 11.3 Å². The molecule has 5 heteroatoms. The molecule has 0 aromatic carbocycles. The maximum Gasteiger partial charge on any atom is 0.315 e. The molecule has 0 spiro atoms. The first-order valence-electron chi connectivity index (χ1n) is 7.23. The van der Waals surface area contributed by atoms with Gasteiger partial charge in [0.1, 0.15) is 0 Å². The van der Waals surface area contributed by atoms with Gasteiger partial charge in [0.25, 0.3) is 0 Å². The summed E-state index contributed by atoms with van der Waals surface area (Å²) in [6.45, 7) is 4.69. The van der Waals surface area contributed by atoms with Crippen molar-refractivity contribution in [3.05, 3.63) is 22.4 Å². The SMILES string of the molecule is CC(CNC(=O)NC(C)(CO)C1CC1)Cc1cccs1. The average molecular weight is 296 g/mol. The van der Waals surface area contributed by atoms with Gasteiger partial charge in [0.2, 0.25) is 0 Å². The number of thiophene rings is 1. The Bertz CT molecular complexity index is 431. The van der Waals surface area contributed by atoms with E-state index in [-0.39, 0.29) is 12.6 Å². The Labute approximate surface area is 124 Å². The number of nitrogens with one attached hydrogen (secondary N) is 2. The van der Waals surface area contributed by atoms with Crippen molar-refractivity contribution in [2.24, 2.45) is 11.8 Å². The highest BCUT2D eigenvalue weighted by Gasteiger charge is 2.42. The third-order valence-electron chi connectivity index (χ3n) is 3.95. The molecule has 3 N–H and O–H groups in total. The zero-order valence-corrected chi connectivity index (χ0v) is 13.0. The van der Waals surface area contributed by atoms with E-state index in [1.807, 2.05) is 6.92 Å². The van der Waals surface area contributed by atoms with Crippen LogP contribution in [0.4, 0.5) is 4.79 Å². The first kappa shape index (κ1) is 15.3. The molecule has 1 fully saturated rings. The van der Waals surface area contributed by atoms with Gasteiger partial charge in [-0.15, -0.1) is 11.3 Å². The lowest BCUT2D eigenvalue weighted by molar-refractivity contribution is 0.155. The summed E-state index contributed by atoms with van der Waals surface area (Å²) in [7, 11) is 0. The van der Waals surface area contributed by atoms with E-state index < -0.39 is 5.54 Å². The highest BCUT2D eigenvalue weighted by Crippen LogP contribution is 2.39. The minimum absolute atomic E-state index is 0.00413. The van der Waals surface area contributed by atoms with E-state index in [9.17, 15) is 9.90 Å². The summed E-state index contributed by atoms with van der Waals surface area (Å²) in [5, 5.41) is 17.4. The lowest BCUT2D eigenvalue weighted by atomic mass is 9.97. The maximum atomic E-state index is 11.9. The molecule has 0 aliphatic heterocycles. The molecule has 0 bridgehead atoms. The molecule has 2 rings (SSSR count). The first-order valence-corrected chi connectivity index (χ1v) is 8.10. The standard InChI is InChI=1S/C15H24N2O2S/c1-11(8-13-4-3-7-20-13)9-16-14(19)17-15(2,10-18)12-5-6-12/h3-4,7,11-12,18H,5-6,8-10H2,1-2H3,(H2,16,17,19). The highest BCUT2D eigenvalue weighted by atomic mass is 32.1. The molecule has 0 saturated heterocycles. The van der Waals surface area contributed by atoms with Crippen LogP contribution in [0.3, 0.4) is 0 Å². The minimum atomic E-state index is -0.471. The van der Waals surface area contributed by atoms with Crippen molar-refractivity contribution in [3.63, 3.8) is 0 Å². The van der Waals surface area contributed by atoms with Gasteiger partial charge in [-0.2, -0.15) is 0 Å². The molecule has 2 unspecified atom stereocenters.